The first-order chi connectivity index (χ1) is 9.43. The molecule has 112 valence electrons. The van der Waals surface area contributed by atoms with E-state index in [1.54, 1.807) is 13.8 Å². The fraction of sp³-hybridized carbons (Fsp3) is 0.500. The van der Waals surface area contributed by atoms with E-state index in [1.165, 1.54) is 18.5 Å². The quantitative estimate of drug-likeness (QED) is 0.768. The number of nitrogens with zero attached hydrogens (tertiary/aromatic N) is 2. The van der Waals surface area contributed by atoms with Crippen molar-refractivity contribution in [1.29, 1.82) is 0 Å². The fourth-order valence-electron chi connectivity index (χ4n) is 1.66. The summed E-state index contributed by atoms with van der Waals surface area (Å²) in [4.78, 5) is 14.5. The molecule has 1 heterocycles. The van der Waals surface area contributed by atoms with Crippen LogP contribution in [0.4, 0.5) is 0 Å². The molecule has 7 nitrogen and oxygen atoms in total. The number of aliphatic carboxylic acids is 1. The van der Waals surface area contributed by atoms with Gasteiger partial charge in [-0.2, -0.15) is 4.31 Å². The smallest absolute Gasteiger partial charge is 0.318 e. The molecule has 1 N–H and O–H groups in total. The van der Waals surface area contributed by atoms with Gasteiger partial charge in [-0.1, -0.05) is 6.92 Å². The molecule has 1 aromatic heterocycles. The molecule has 0 aliphatic heterocycles. The minimum absolute atomic E-state index is 0.114. The highest BCUT2D eigenvalue weighted by Crippen LogP contribution is 2.25. The van der Waals surface area contributed by atoms with E-state index in [1.807, 2.05) is 0 Å². The molecule has 0 aromatic carbocycles. The van der Waals surface area contributed by atoms with Gasteiger partial charge in [-0.05, 0) is 19.4 Å². The van der Waals surface area contributed by atoms with Crippen molar-refractivity contribution in [2.24, 2.45) is 0 Å². The third kappa shape index (κ3) is 3.91. The molecule has 20 heavy (non-hydrogen) atoms. The summed E-state index contributed by atoms with van der Waals surface area (Å²) >= 11 is 0. The molecule has 0 spiro atoms. The lowest BCUT2D eigenvalue weighted by atomic mass is 10.4. The van der Waals surface area contributed by atoms with Gasteiger partial charge in [0.2, 0.25) is 10.0 Å². The maximum Gasteiger partial charge on any atom is 0.318 e. The van der Waals surface area contributed by atoms with Crippen molar-refractivity contribution in [1.82, 2.24) is 9.29 Å². The van der Waals surface area contributed by atoms with E-state index in [0.29, 0.717) is 13.0 Å². The summed E-state index contributed by atoms with van der Waals surface area (Å²) in [6, 6.07) is 1.45. The van der Waals surface area contributed by atoms with E-state index in [0.717, 1.165) is 4.31 Å². The first kappa shape index (κ1) is 16.4. The van der Waals surface area contributed by atoms with Gasteiger partial charge in [-0.25, -0.2) is 8.42 Å². The molecular formula is C12H18N2O5S. The summed E-state index contributed by atoms with van der Waals surface area (Å²) in [6.45, 7) is 3.35. The number of carboxylic acid groups (broad SMARTS) is 1. The number of aromatic nitrogens is 1. The van der Waals surface area contributed by atoms with Crippen LogP contribution in [0.15, 0.2) is 23.4 Å². The molecule has 0 bridgehead atoms. The maximum absolute atomic E-state index is 12.5. The molecule has 0 aliphatic carbocycles. The zero-order chi connectivity index (χ0) is 15.2. The zero-order valence-corrected chi connectivity index (χ0v) is 12.3. The Morgan fingerprint density at radius 1 is 1.45 bits per heavy atom. The Morgan fingerprint density at radius 3 is 2.70 bits per heavy atom. The van der Waals surface area contributed by atoms with E-state index < -0.39 is 22.5 Å². The third-order valence-electron chi connectivity index (χ3n) is 2.45. The Bertz CT molecular complexity index is 559. The number of hydrogen-bond donors (Lipinski definition) is 1. The number of carbonyl (C=O) groups is 1. The lowest BCUT2D eigenvalue weighted by molar-refractivity contribution is -0.137. The highest BCUT2D eigenvalue weighted by atomic mass is 32.2. The highest BCUT2D eigenvalue weighted by molar-refractivity contribution is 7.89. The molecule has 0 amide bonds. The number of sulfonamides is 1. The first-order valence-corrected chi connectivity index (χ1v) is 7.66. The van der Waals surface area contributed by atoms with Gasteiger partial charge in [0.1, 0.15) is 17.2 Å². The molecule has 8 heteroatoms. The number of carboxylic acids is 1. The molecular weight excluding hydrogens is 284 g/mol. The van der Waals surface area contributed by atoms with Crippen molar-refractivity contribution in [3.63, 3.8) is 0 Å². The van der Waals surface area contributed by atoms with Crippen LogP contribution in [0.1, 0.15) is 20.3 Å². The Hall–Kier alpha value is -1.67. The molecule has 0 saturated heterocycles. The van der Waals surface area contributed by atoms with Crippen molar-refractivity contribution in [2.75, 3.05) is 19.7 Å². The maximum atomic E-state index is 12.5. The van der Waals surface area contributed by atoms with Gasteiger partial charge in [0.15, 0.2) is 0 Å². The van der Waals surface area contributed by atoms with E-state index >= 15 is 0 Å². The van der Waals surface area contributed by atoms with Crippen LogP contribution in [0.3, 0.4) is 0 Å². The van der Waals surface area contributed by atoms with Gasteiger partial charge in [0, 0.05) is 12.7 Å². The number of rotatable bonds is 8. The summed E-state index contributed by atoms with van der Waals surface area (Å²) < 4.78 is 31.2. The summed E-state index contributed by atoms with van der Waals surface area (Å²) in [7, 11) is -3.95. The molecule has 1 aromatic rings. The predicted molar refractivity (Wildman–Crippen MR) is 72.1 cm³/mol. The van der Waals surface area contributed by atoms with Crippen molar-refractivity contribution >= 4 is 16.0 Å². The minimum atomic E-state index is -3.95. The predicted octanol–water partition coefficient (Wildman–Crippen LogP) is 0.966. The van der Waals surface area contributed by atoms with E-state index in [-0.39, 0.29) is 17.2 Å². The molecule has 0 fully saturated rings. The van der Waals surface area contributed by atoms with Gasteiger partial charge < -0.3 is 9.84 Å². The van der Waals surface area contributed by atoms with Crippen LogP contribution in [-0.4, -0.2) is 48.5 Å². The first-order valence-electron chi connectivity index (χ1n) is 6.22. The Balaban J connectivity index is 3.21. The largest absolute Gasteiger partial charge is 0.492 e. The summed E-state index contributed by atoms with van der Waals surface area (Å²) in [5, 5.41) is 8.84. The van der Waals surface area contributed by atoms with Crippen LogP contribution in [-0.2, 0) is 14.8 Å². The molecule has 0 radical (unpaired) electrons. The van der Waals surface area contributed by atoms with Crippen LogP contribution in [0.2, 0.25) is 0 Å². The lowest BCUT2D eigenvalue weighted by Crippen LogP contribution is -2.36. The number of pyridine rings is 1. The Labute approximate surface area is 118 Å². The summed E-state index contributed by atoms with van der Waals surface area (Å²) in [6.07, 6.45) is 3.10. The number of hydrogen-bond acceptors (Lipinski definition) is 5. The topological polar surface area (TPSA) is 96.8 Å². The Kier molecular flexibility index (Phi) is 5.90. The molecule has 0 unspecified atom stereocenters. The van der Waals surface area contributed by atoms with Crippen molar-refractivity contribution < 1.29 is 23.1 Å². The zero-order valence-electron chi connectivity index (χ0n) is 11.4. The van der Waals surface area contributed by atoms with E-state index in [2.05, 4.69) is 4.98 Å². The van der Waals surface area contributed by atoms with Crippen molar-refractivity contribution in [2.45, 2.75) is 25.2 Å². The van der Waals surface area contributed by atoms with Gasteiger partial charge in [0.05, 0.1) is 12.8 Å². The van der Waals surface area contributed by atoms with E-state index in [4.69, 9.17) is 9.84 Å². The lowest BCUT2D eigenvalue weighted by Gasteiger charge is -2.20. The SMILES string of the molecule is CCCN(CC(=O)O)S(=O)(=O)c1cnccc1OCC. The van der Waals surface area contributed by atoms with Gasteiger partial charge >= 0.3 is 5.97 Å². The molecule has 1 rings (SSSR count). The van der Waals surface area contributed by atoms with Crippen LogP contribution in [0.25, 0.3) is 0 Å². The fourth-order valence-corrected chi connectivity index (χ4v) is 3.22. The third-order valence-corrected chi connectivity index (χ3v) is 4.30. The monoisotopic (exact) mass is 302 g/mol. The van der Waals surface area contributed by atoms with Gasteiger partial charge in [-0.15, -0.1) is 0 Å². The average molecular weight is 302 g/mol. The minimum Gasteiger partial charge on any atom is -0.492 e. The Morgan fingerprint density at radius 2 is 2.15 bits per heavy atom. The van der Waals surface area contributed by atoms with Crippen LogP contribution >= 0.6 is 0 Å². The molecule has 0 atom stereocenters. The molecule has 0 saturated carbocycles. The second kappa shape index (κ2) is 7.20. The van der Waals surface area contributed by atoms with Crippen molar-refractivity contribution in [3.8, 4) is 5.75 Å². The summed E-state index contributed by atoms with van der Waals surface area (Å²) in [5.41, 5.74) is 0. The molecule has 0 aliphatic rings. The van der Waals surface area contributed by atoms with Crippen LogP contribution in [0, 0.1) is 0 Å². The van der Waals surface area contributed by atoms with Crippen molar-refractivity contribution in [3.05, 3.63) is 18.5 Å². The highest BCUT2D eigenvalue weighted by Gasteiger charge is 2.29. The normalized spacial score (nSPS) is 11.6. The second-order valence-electron chi connectivity index (χ2n) is 3.99. The van der Waals surface area contributed by atoms with Gasteiger partial charge in [-0.3, -0.25) is 9.78 Å². The van der Waals surface area contributed by atoms with Crippen LogP contribution in [0.5, 0.6) is 5.75 Å². The summed E-state index contributed by atoms with van der Waals surface area (Å²) in [5.74, 6) is -1.03. The van der Waals surface area contributed by atoms with Crippen LogP contribution < -0.4 is 4.74 Å². The van der Waals surface area contributed by atoms with Gasteiger partial charge in [0.25, 0.3) is 0 Å². The van der Waals surface area contributed by atoms with E-state index in [9.17, 15) is 13.2 Å². The average Bonchev–Trinajstić information content (AvgIpc) is 2.38. The number of ether oxygens (including phenoxy) is 1. The standard InChI is InChI=1S/C12H18N2O5S/c1-3-7-14(9-12(15)16)20(17,18)11-8-13-6-5-10(11)19-4-2/h5-6,8H,3-4,7,9H2,1-2H3,(H,15,16). The second-order valence-corrected chi connectivity index (χ2v) is 5.89.